The third-order valence-corrected chi connectivity index (χ3v) is 7.60. The standard InChI is InChI=1S/C25H26N2O4S/c1-18-8-7-12-22(14-18)32(29,30)27-17-21-11-4-3-9-19(21)15-23(27)25(28)26-16-20-10-5-6-13-24(20)31-2/h3-14,23H,15-17H2,1-2H3,(H,26,28). The highest BCUT2D eigenvalue weighted by atomic mass is 32.2. The molecule has 1 atom stereocenters. The second-order valence-corrected chi connectivity index (χ2v) is 9.78. The summed E-state index contributed by atoms with van der Waals surface area (Å²) in [6, 6.07) is 21.0. The Hall–Kier alpha value is -3.16. The van der Waals surface area contributed by atoms with Crippen molar-refractivity contribution in [3.05, 3.63) is 95.1 Å². The molecule has 1 aliphatic rings. The summed E-state index contributed by atoms with van der Waals surface area (Å²) >= 11 is 0. The molecule has 0 radical (unpaired) electrons. The summed E-state index contributed by atoms with van der Waals surface area (Å²) in [6.07, 6.45) is 0.318. The Labute approximate surface area is 188 Å². The molecule has 1 aliphatic heterocycles. The van der Waals surface area contributed by atoms with Gasteiger partial charge in [-0.25, -0.2) is 8.42 Å². The molecule has 0 fully saturated rings. The van der Waals surface area contributed by atoms with Gasteiger partial charge < -0.3 is 10.1 Å². The quantitative estimate of drug-likeness (QED) is 0.624. The molecule has 0 aromatic heterocycles. The number of hydrogen-bond donors (Lipinski definition) is 1. The van der Waals surface area contributed by atoms with Gasteiger partial charge in [0.15, 0.2) is 0 Å². The van der Waals surface area contributed by atoms with Gasteiger partial charge in [0, 0.05) is 18.7 Å². The van der Waals surface area contributed by atoms with E-state index in [-0.39, 0.29) is 23.9 Å². The monoisotopic (exact) mass is 450 g/mol. The SMILES string of the molecule is COc1ccccc1CNC(=O)C1Cc2ccccc2CN1S(=O)(=O)c1cccc(C)c1. The summed E-state index contributed by atoms with van der Waals surface area (Å²) in [7, 11) is -2.29. The highest BCUT2D eigenvalue weighted by molar-refractivity contribution is 7.89. The van der Waals surface area contributed by atoms with Crippen molar-refractivity contribution in [2.45, 2.75) is 37.4 Å². The number of sulfonamides is 1. The summed E-state index contributed by atoms with van der Waals surface area (Å²) in [4.78, 5) is 13.5. The minimum absolute atomic E-state index is 0.152. The lowest BCUT2D eigenvalue weighted by Gasteiger charge is -2.35. The Morgan fingerprint density at radius 2 is 1.75 bits per heavy atom. The molecule has 6 nitrogen and oxygen atoms in total. The summed E-state index contributed by atoms with van der Waals surface area (Å²) in [5.41, 5.74) is 3.58. The number of aryl methyl sites for hydroxylation is 1. The van der Waals surface area contributed by atoms with Gasteiger partial charge in [0.2, 0.25) is 15.9 Å². The van der Waals surface area contributed by atoms with Crippen LogP contribution in [0.4, 0.5) is 0 Å². The van der Waals surface area contributed by atoms with Crippen molar-refractivity contribution in [1.82, 2.24) is 9.62 Å². The minimum Gasteiger partial charge on any atom is -0.496 e. The number of carbonyl (C=O) groups is 1. The lowest BCUT2D eigenvalue weighted by Crippen LogP contribution is -2.52. The first-order chi connectivity index (χ1) is 15.4. The van der Waals surface area contributed by atoms with E-state index in [1.165, 1.54) is 4.31 Å². The topological polar surface area (TPSA) is 75.7 Å². The van der Waals surface area contributed by atoms with Crippen molar-refractivity contribution in [2.24, 2.45) is 0 Å². The highest BCUT2D eigenvalue weighted by Crippen LogP contribution is 2.29. The Morgan fingerprint density at radius 3 is 2.50 bits per heavy atom. The van der Waals surface area contributed by atoms with Gasteiger partial charge in [-0.2, -0.15) is 4.31 Å². The van der Waals surface area contributed by atoms with Gasteiger partial charge in [0.1, 0.15) is 11.8 Å². The summed E-state index contributed by atoms with van der Waals surface area (Å²) in [6.45, 7) is 2.25. The van der Waals surface area contributed by atoms with E-state index in [0.717, 1.165) is 22.3 Å². The predicted molar refractivity (Wildman–Crippen MR) is 123 cm³/mol. The highest BCUT2D eigenvalue weighted by Gasteiger charge is 2.39. The largest absolute Gasteiger partial charge is 0.496 e. The Bertz CT molecular complexity index is 1240. The second kappa shape index (κ2) is 9.14. The van der Waals surface area contributed by atoms with Crippen LogP contribution in [0.15, 0.2) is 77.7 Å². The normalized spacial score (nSPS) is 16.2. The molecular formula is C25H26N2O4S. The van der Waals surface area contributed by atoms with Crippen molar-refractivity contribution in [3.8, 4) is 5.75 Å². The van der Waals surface area contributed by atoms with Crippen LogP contribution in [0, 0.1) is 6.92 Å². The van der Waals surface area contributed by atoms with E-state index < -0.39 is 16.1 Å². The third-order valence-electron chi connectivity index (χ3n) is 5.75. The fraction of sp³-hybridized carbons (Fsp3) is 0.240. The van der Waals surface area contributed by atoms with E-state index in [1.54, 1.807) is 25.3 Å². The summed E-state index contributed by atoms with van der Waals surface area (Å²) in [5, 5.41) is 2.91. The van der Waals surface area contributed by atoms with Crippen LogP contribution >= 0.6 is 0 Å². The maximum Gasteiger partial charge on any atom is 0.244 e. The van der Waals surface area contributed by atoms with Crippen molar-refractivity contribution in [3.63, 3.8) is 0 Å². The molecular weight excluding hydrogens is 424 g/mol. The lowest BCUT2D eigenvalue weighted by atomic mass is 9.95. The average Bonchev–Trinajstić information content (AvgIpc) is 2.81. The van der Waals surface area contributed by atoms with Crippen LogP contribution in [0.3, 0.4) is 0 Å². The molecule has 0 bridgehead atoms. The Balaban J connectivity index is 1.65. The molecule has 0 spiro atoms. The number of ether oxygens (including phenoxy) is 1. The van der Waals surface area contributed by atoms with Crippen LogP contribution in [0.1, 0.15) is 22.3 Å². The first-order valence-corrected chi connectivity index (χ1v) is 11.9. The molecule has 1 amide bonds. The Kier molecular flexibility index (Phi) is 6.30. The van der Waals surface area contributed by atoms with Crippen LogP contribution in [0.2, 0.25) is 0 Å². The first-order valence-electron chi connectivity index (χ1n) is 10.4. The van der Waals surface area contributed by atoms with Crippen LogP contribution < -0.4 is 10.1 Å². The van der Waals surface area contributed by atoms with Crippen molar-refractivity contribution in [1.29, 1.82) is 0 Å². The number of rotatable bonds is 6. The number of hydrogen-bond acceptors (Lipinski definition) is 4. The van der Waals surface area contributed by atoms with E-state index in [1.807, 2.05) is 61.5 Å². The van der Waals surface area contributed by atoms with Gasteiger partial charge in [0.05, 0.1) is 12.0 Å². The van der Waals surface area contributed by atoms with Gasteiger partial charge in [-0.1, -0.05) is 54.6 Å². The van der Waals surface area contributed by atoms with Crippen LogP contribution in [0.25, 0.3) is 0 Å². The lowest BCUT2D eigenvalue weighted by molar-refractivity contribution is -0.125. The van der Waals surface area contributed by atoms with Gasteiger partial charge in [-0.3, -0.25) is 4.79 Å². The van der Waals surface area contributed by atoms with E-state index in [9.17, 15) is 13.2 Å². The molecule has 32 heavy (non-hydrogen) atoms. The smallest absolute Gasteiger partial charge is 0.244 e. The fourth-order valence-corrected chi connectivity index (χ4v) is 5.71. The number of fused-ring (bicyclic) bond motifs is 1. The van der Waals surface area contributed by atoms with Crippen molar-refractivity contribution in [2.75, 3.05) is 7.11 Å². The molecule has 0 aliphatic carbocycles. The van der Waals surface area contributed by atoms with Crippen molar-refractivity contribution >= 4 is 15.9 Å². The number of methoxy groups -OCH3 is 1. The molecule has 3 aromatic carbocycles. The van der Waals surface area contributed by atoms with Gasteiger partial charge in [-0.05, 0) is 48.2 Å². The maximum absolute atomic E-state index is 13.6. The maximum atomic E-state index is 13.6. The third kappa shape index (κ3) is 4.40. The molecule has 7 heteroatoms. The van der Waals surface area contributed by atoms with Gasteiger partial charge >= 0.3 is 0 Å². The molecule has 1 N–H and O–H groups in total. The van der Waals surface area contributed by atoms with Gasteiger partial charge in [0.25, 0.3) is 0 Å². The second-order valence-electron chi connectivity index (χ2n) is 7.89. The average molecular weight is 451 g/mol. The van der Waals surface area contributed by atoms with E-state index in [4.69, 9.17) is 4.74 Å². The van der Waals surface area contributed by atoms with Crippen molar-refractivity contribution < 1.29 is 17.9 Å². The number of carbonyl (C=O) groups excluding carboxylic acids is 1. The van der Waals surface area contributed by atoms with E-state index >= 15 is 0 Å². The fourth-order valence-electron chi connectivity index (χ4n) is 4.04. The first kappa shape index (κ1) is 22.0. The minimum atomic E-state index is -3.87. The predicted octanol–water partition coefficient (Wildman–Crippen LogP) is 3.44. The zero-order valence-corrected chi connectivity index (χ0v) is 18.9. The molecule has 1 heterocycles. The van der Waals surface area contributed by atoms with Crippen LogP contribution in [-0.2, 0) is 34.3 Å². The zero-order valence-electron chi connectivity index (χ0n) is 18.1. The number of para-hydroxylation sites is 1. The summed E-state index contributed by atoms with van der Waals surface area (Å²) < 4.78 is 33.8. The van der Waals surface area contributed by atoms with Crippen LogP contribution in [-0.4, -0.2) is 31.8 Å². The number of nitrogens with one attached hydrogen (secondary N) is 1. The number of amides is 1. The Morgan fingerprint density at radius 1 is 1.03 bits per heavy atom. The molecule has 0 saturated carbocycles. The molecule has 0 saturated heterocycles. The van der Waals surface area contributed by atoms with E-state index in [0.29, 0.717) is 12.2 Å². The number of benzene rings is 3. The number of nitrogens with zero attached hydrogens (tertiary/aromatic N) is 1. The molecule has 1 unspecified atom stereocenters. The summed E-state index contributed by atoms with van der Waals surface area (Å²) in [5.74, 6) is 0.340. The zero-order chi connectivity index (χ0) is 22.7. The van der Waals surface area contributed by atoms with Crippen LogP contribution in [0.5, 0.6) is 5.75 Å². The molecule has 3 aromatic rings. The van der Waals surface area contributed by atoms with E-state index in [2.05, 4.69) is 5.32 Å². The molecule has 166 valence electrons. The van der Waals surface area contributed by atoms with Gasteiger partial charge in [-0.15, -0.1) is 0 Å². The molecule has 4 rings (SSSR count).